The molecule has 1 unspecified atom stereocenters. The van der Waals surface area contributed by atoms with Crippen molar-refractivity contribution in [3.63, 3.8) is 0 Å². The third-order valence-corrected chi connectivity index (χ3v) is 6.35. The lowest BCUT2D eigenvalue weighted by atomic mass is 10.2. The Balaban J connectivity index is 1.58. The van der Waals surface area contributed by atoms with Crippen molar-refractivity contribution in [1.82, 2.24) is 20.1 Å². The van der Waals surface area contributed by atoms with Crippen molar-refractivity contribution in [1.29, 1.82) is 0 Å². The maximum atomic E-state index is 12.5. The number of nitrogens with zero attached hydrogens (tertiary/aromatic N) is 3. The predicted octanol–water partition coefficient (Wildman–Crippen LogP) is 4.35. The highest BCUT2D eigenvalue weighted by Crippen LogP contribution is 2.29. The van der Waals surface area contributed by atoms with Gasteiger partial charge in [-0.25, -0.2) is 0 Å². The Morgan fingerprint density at radius 2 is 1.88 bits per heavy atom. The molecule has 0 aliphatic rings. The number of hydrogen-bond donors (Lipinski definition) is 2. The summed E-state index contributed by atoms with van der Waals surface area (Å²) in [7, 11) is 3.34. The van der Waals surface area contributed by atoms with Gasteiger partial charge in [-0.15, -0.1) is 10.2 Å². The van der Waals surface area contributed by atoms with E-state index in [0.29, 0.717) is 33.0 Å². The second kappa shape index (κ2) is 10.7. The fraction of sp³-hybridized carbons (Fsp3) is 0.238. The number of rotatable bonds is 8. The molecule has 3 aromatic rings. The Bertz CT molecular complexity index is 1120. The van der Waals surface area contributed by atoms with Gasteiger partial charge in [-0.1, -0.05) is 41.0 Å². The Morgan fingerprint density at radius 3 is 2.56 bits per heavy atom. The standard InChI is InChI=1S/C21H21Cl2N5O3S/c1-12(24-20(30)13-7-9-14(31-3)10-8-13)19-26-27-21(28(19)2)32-11-17(29)25-16-6-4-5-15(22)18(16)23/h4-10,12H,11H2,1-3H3,(H,24,30)(H,25,29). The highest BCUT2D eigenvalue weighted by molar-refractivity contribution is 7.99. The first-order valence-corrected chi connectivity index (χ1v) is 11.2. The molecule has 0 radical (unpaired) electrons. The van der Waals surface area contributed by atoms with Gasteiger partial charge in [0.1, 0.15) is 5.75 Å². The molecule has 0 fully saturated rings. The summed E-state index contributed by atoms with van der Waals surface area (Å²) in [5.41, 5.74) is 0.948. The quantitative estimate of drug-likeness (QED) is 0.452. The number of hydrogen-bond acceptors (Lipinski definition) is 6. The third kappa shape index (κ3) is 5.73. The number of ether oxygens (including phenoxy) is 1. The van der Waals surface area contributed by atoms with Crippen LogP contribution in [-0.2, 0) is 11.8 Å². The number of methoxy groups -OCH3 is 1. The van der Waals surface area contributed by atoms with Crippen LogP contribution in [0.2, 0.25) is 10.0 Å². The molecular weight excluding hydrogens is 473 g/mol. The van der Waals surface area contributed by atoms with Crippen LogP contribution < -0.4 is 15.4 Å². The van der Waals surface area contributed by atoms with E-state index in [4.69, 9.17) is 27.9 Å². The lowest BCUT2D eigenvalue weighted by molar-refractivity contribution is -0.113. The van der Waals surface area contributed by atoms with Crippen LogP contribution in [0, 0.1) is 0 Å². The minimum atomic E-state index is -0.393. The number of nitrogens with one attached hydrogen (secondary N) is 2. The maximum absolute atomic E-state index is 12.5. The molecule has 11 heteroatoms. The Morgan fingerprint density at radius 1 is 1.16 bits per heavy atom. The van der Waals surface area contributed by atoms with Gasteiger partial charge in [0.2, 0.25) is 5.91 Å². The molecule has 2 N–H and O–H groups in total. The van der Waals surface area contributed by atoms with Crippen molar-refractivity contribution in [2.24, 2.45) is 7.05 Å². The fourth-order valence-electron chi connectivity index (χ4n) is 2.83. The summed E-state index contributed by atoms with van der Waals surface area (Å²) in [6.07, 6.45) is 0. The van der Waals surface area contributed by atoms with Gasteiger partial charge < -0.3 is 19.9 Å². The zero-order chi connectivity index (χ0) is 23.3. The van der Waals surface area contributed by atoms with Crippen LogP contribution in [-0.4, -0.2) is 39.4 Å². The largest absolute Gasteiger partial charge is 0.497 e. The highest BCUT2D eigenvalue weighted by Gasteiger charge is 2.19. The average Bonchev–Trinajstić information content (AvgIpc) is 3.16. The van der Waals surface area contributed by atoms with Crippen molar-refractivity contribution in [2.75, 3.05) is 18.2 Å². The number of amides is 2. The van der Waals surface area contributed by atoms with Gasteiger partial charge in [0.25, 0.3) is 5.91 Å². The van der Waals surface area contributed by atoms with Crippen LogP contribution in [0.15, 0.2) is 47.6 Å². The Labute approximate surface area is 199 Å². The van der Waals surface area contributed by atoms with Crippen LogP contribution in [0.5, 0.6) is 5.75 Å². The number of anilines is 1. The maximum Gasteiger partial charge on any atom is 0.251 e. The second-order valence-corrected chi connectivity index (χ2v) is 8.49. The van der Waals surface area contributed by atoms with Gasteiger partial charge in [0.15, 0.2) is 11.0 Å². The first-order chi connectivity index (χ1) is 15.3. The first kappa shape index (κ1) is 23.9. The normalized spacial score (nSPS) is 11.7. The SMILES string of the molecule is COc1ccc(C(=O)NC(C)c2nnc(SCC(=O)Nc3cccc(Cl)c3Cl)n2C)cc1. The zero-order valence-corrected chi connectivity index (χ0v) is 19.9. The van der Waals surface area contributed by atoms with Gasteiger partial charge in [-0.05, 0) is 43.3 Å². The van der Waals surface area contributed by atoms with E-state index in [2.05, 4.69) is 20.8 Å². The minimum absolute atomic E-state index is 0.0986. The van der Waals surface area contributed by atoms with E-state index in [1.807, 2.05) is 6.92 Å². The van der Waals surface area contributed by atoms with Crippen molar-refractivity contribution < 1.29 is 14.3 Å². The van der Waals surface area contributed by atoms with E-state index >= 15 is 0 Å². The average molecular weight is 494 g/mol. The second-order valence-electron chi connectivity index (χ2n) is 6.76. The number of carbonyl (C=O) groups excluding carboxylic acids is 2. The Kier molecular flexibility index (Phi) is 8.00. The smallest absolute Gasteiger partial charge is 0.251 e. The van der Waals surface area contributed by atoms with E-state index in [1.165, 1.54) is 11.8 Å². The number of benzene rings is 2. The van der Waals surface area contributed by atoms with Crippen LogP contribution >= 0.6 is 35.0 Å². The summed E-state index contributed by atoms with van der Waals surface area (Å²) in [6.45, 7) is 1.81. The molecule has 2 amide bonds. The molecule has 0 bridgehead atoms. The molecule has 0 aliphatic heterocycles. The first-order valence-electron chi connectivity index (χ1n) is 9.51. The fourth-order valence-corrected chi connectivity index (χ4v) is 3.90. The third-order valence-electron chi connectivity index (χ3n) is 4.51. The lowest BCUT2D eigenvalue weighted by Gasteiger charge is -2.14. The molecule has 1 heterocycles. The molecule has 0 saturated carbocycles. The van der Waals surface area contributed by atoms with Gasteiger partial charge in [0.05, 0.1) is 34.6 Å². The van der Waals surface area contributed by atoms with Gasteiger partial charge in [-0.3, -0.25) is 9.59 Å². The molecule has 32 heavy (non-hydrogen) atoms. The molecular formula is C21H21Cl2N5O3S. The van der Waals surface area contributed by atoms with E-state index in [0.717, 1.165) is 0 Å². The Hall–Kier alpha value is -2.75. The van der Waals surface area contributed by atoms with Crippen LogP contribution in [0.1, 0.15) is 29.1 Å². The molecule has 3 rings (SSSR count). The monoisotopic (exact) mass is 493 g/mol. The molecule has 8 nitrogen and oxygen atoms in total. The summed E-state index contributed by atoms with van der Waals surface area (Å²) in [5, 5.41) is 15.1. The van der Waals surface area contributed by atoms with Gasteiger partial charge in [0, 0.05) is 12.6 Å². The summed E-state index contributed by atoms with van der Waals surface area (Å²) in [6, 6.07) is 11.4. The molecule has 1 atom stereocenters. The van der Waals surface area contributed by atoms with Crippen molar-refractivity contribution in [3.8, 4) is 5.75 Å². The van der Waals surface area contributed by atoms with Crippen molar-refractivity contribution in [3.05, 3.63) is 63.9 Å². The van der Waals surface area contributed by atoms with E-state index in [9.17, 15) is 9.59 Å². The topological polar surface area (TPSA) is 98.1 Å². The number of halogens is 2. The predicted molar refractivity (Wildman–Crippen MR) is 126 cm³/mol. The summed E-state index contributed by atoms with van der Waals surface area (Å²) in [4.78, 5) is 24.8. The molecule has 1 aromatic heterocycles. The van der Waals surface area contributed by atoms with Crippen LogP contribution in [0.25, 0.3) is 0 Å². The lowest BCUT2D eigenvalue weighted by Crippen LogP contribution is -2.28. The van der Waals surface area contributed by atoms with Crippen molar-refractivity contribution >= 4 is 52.5 Å². The van der Waals surface area contributed by atoms with E-state index < -0.39 is 6.04 Å². The van der Waals surface area contributed by atoms with Gasteiger partial charge in [-0.2, -0.15) is 0 Å². The molecule has 2 aromatic carbocycles. The van der Waals surface area contributed by atoms with Crippen LogP contribution in [0.3, 0.4) is 0 Å². The van der Waals surface area contributed by atoms with E-state index in [1.54, 1.807) is 61.2 Å². The molecule has 0 spiro atoms. The number of aromatic nitrogens is 3. The molecule has 168 valence electrons. The zero-order valence-electron chi connectivity index (χ0n) is 17.6. The molecule has 0 aliphatic carbocycles. The van der Waals surface area contributed by atoms with E-state index in [-0.39, 0.29) is 22.6 Å². The molecule has 0 saturated heterocycles. The number of thioether (sulfide) groups is 1. The summed E-state index contributed by atoms with van der Waals surface area (Å²) in [5.74, 6) is 0.833. The minimum Gasteiger partial charge on any atom is -0.497 e. The summed E-state index contributed by atoms with van der Waals surface area (Å²) >= 11 is 13.3. The summed E-state index contributed by atoms with van der Waals surface area (Å²) < 4.78 is 6.84. The van der Waals surface area contributed by atoms with Gasteiger partial charge >= 0.3 is 0 Å². The van der Waals surface area contributed by atoms with Crippen molar-refractivity contribution in [2.45, 2.75) is 18.1 Å². The van der Waals surface area contributed by atoms with Crippen LogP contribution in [0.4, 0.5) is 5.69 Å². The highest BCUT2D eigenvalue weighted by atomic mass is 35.5. The number of carbonyl (C=O) groups is 2.